The normalized spacial score (nSPS) is 17.1. The van der Waals surface area contributed by atoms with Crippen LogP contribution in [0.15, 0.2) is 48.5 Å². The number of hydrogen-bond donors (Lipinski definition) is 0. The molecule has 2 aromatic rings. The topological polar surface area (TPSA) is 20.3 Å². The number of anilines is 1. The second kappa shape index (κ2) is 5.29. The van der Waals surface area contributed by atoms with Gasteiger partial charge in [-0.15, -0.1) is 0 Å². The molecule has 1 aliphatic heterocycles. The summed E-state index contributed by atoms with van der Waals surface area (Å²) < 4.78 is 0. The van der Waals surface area contributed by atoms with Crippen molar-refractivity contribution in [2.24, 2.45) is 0 Å². The van der Waals surface area contributed by atoms with Gasteiger partial charge in [0.1, 0.15) is 0 Å². The van der Waals surface area contributed by atoms with Gasteiger partial charge in [0.25, 0.3) is 5.24 Å². The maximum atomic E-state index is 11.3. The van der Waals surface area contributed by atoms with E-state index in [-0.39, 0.29) is 0 Å². The van der Waals surface area contributed by atoms with E-state index in [1.807, 2.05) is 24.3 Å². The Kier molecular flexibility index (Phi) is 3.49. The second-order valence-electron chi connectivity index (χ2n) is 5.31. The van der Waals surface area contributed by atoms with Crippen LogP contribution in [0.3, 0.4) is 0 Å². The Hall–Kier alpha value is -1.80. The molecule has 0 aromatic heterocycles. The SMILES string of the molecule is CC1CN(Cc2ccccc2)c2cc(C(=O)Cl)ccc21. The van der Waals surface area contributed by atoms with Crippen molar-refractivity contribution < 1.29 is 4.79 Å². The fourth-order valence-electron chi connectivity index (χ4n) is 2.84. The third-order valence-electron chi connectivity index (χ3n) is 3.84. The molecule has 0 radical (unpaired) electrons. The Bertz CT molecular complexity index is 639. The van der Waals surface area contributed by atoms with E-state index >= 15 is 0 Å². The van der Waals surface area contributed by atoms with Crippen LogP contribution in [0, 0.1) is 0 Å². The Labute approximate surface area is 124 Å². The van der Waals surface area contributed by atoms with Gasteiger partial charge in [0.05, 0.1) is 0 Å². The first-order chi connectivity index (χ1) is 9.65. The largest absolute Gasteiger partial charge is 0.366 e. The molecule has 1 unspecified atom stereocenters. The summed E-state index contributed by atoms with van der Waals surface area (Å²) in [5.41, 5.74) is 4.27. The van der Waals surface area contributed by atoms with Gasteiger partial charge in [0, 0.05) is 30.3 Å². The third-order valence-corrected chi connectivity index (χ3v) is 4.06. The van der Waals surface area contributed by atoms with Crippen LogP contribution in [0.4, 0.5) is 5.69 Å². The summed E-state index contributed by atoms with van der Waals surface area (Å²) in [6, 6.07) is 16.1. The van der Waals surface area contributed by atoms with Crippen molar-refractivity contribution in [3.8, 4) is 0 Å². The zero-order valence-electron chi connectivity index (χ0n) is 11.3. The fourth-order valence-corrected chi connectivity index (χ4v) is 2.95. The van der Waals surface area contributed by atoms with Gasteiger partial charge >= 0.3 is 0 Å². The molecule has 1 heterocycles. The zero-order valence-corrected chi connectivity index (χ0v) is 12.1. The minimum atomic E-state index is -0.396. The number of nitrogens with zero attached hydrogens (tertiary/aromatic N) is 1. The standard InChI is InChI=1S/C17H16ClNO/c1-12-10-19(11-13-5-3-2-4-6-13)16-9-14(17(18)20)7-8-15(12)16/h2-9,12H,10-11H2,1H3. The summed E-state index contributed by atoms with van der Waals surface area (Å²) in [6.45, 7) is 4.05. The molecular formula is C17H16ClNO. The molecule has 3 heteroatoms. The predicted molar refractivity (Wildman–Crippen MR) is 82.5 cm³/mol. The lowest BCUT2D eigenvalue weighted by Gasteiger charge is -2.20. The van der Waals surface area contributed by atoms with E-state index in [0.29, 0.717) is 11.5 Å². The molecule has 0 bridgehead atoms. The van der Waals surface area contributed by atoms with Crippen molar-refractivity contribution in [1.82, 2.24) is 0 Å². The third kappa shape index (κ3) is 2.44. The number of fused-ring (bicyclic) bond motifs is 1. The molecule has 1 atom stereocenters. The van der Waals surface area contributed by atoms with Gasteiger partial charge in [-0.3, -0.25) is 4.79 Å². The summed E-state index contributed by atoms with van der Waals surface area (Å²) in [6.07, 6.45) is 0. The lowest BCUT2D eigenvalue weighted by molar-refractivity contribution is 0.108. The summed E-state index contributed by atoms with van der Waals surface area (Å²) in [5.74, 6) is 0.480. The number of carbonyl (C=O) groups excluding carboxylic acids is 1. The second-order valence-corrected chi connectivity index (χ2v) is 5.66. The fraction of sp³-hybridized carbons (Fsp3) is 0.235. The number of benzene rings is 2. The van der Waals surface area contributed by atoms with Crippen LogP contribution in [0.1, 0.15) is 34.3 Å². The van der Waals surface area contributed by atoms with Gasteiger partial charge < -0.3 is 4.90 Å². The first-order valence-corrected chi connectivity index (χ1v) is 7.15. The molecule has 0 amide bonds. The van der Waals surface area contributed by atoms with Crippen molar-refractivity contribution in [2.45, 2.75) is 19.4 Å². The molecule has 1 aliphatic rings. The molecule has 2 nitrogen and oxygen atoms in total. The molecular weight excluding hydrogens is 270 g/mol. The minimum absolute atomic E-state index is 0.396. The van der Waals surface area contributed by atoms with Gasteiger partial charge in [-0.1, -0.05) is 43.3 Å². The monoisotopic (exact) mass is 285 g/mol. The first-order valence-electron chi connectivity index (χ1n) is 6.78. The number of halogens is 1. The summed E-state index contributed by atoms with van der Waals surface area (Å²) in [5, 5.41) is -0.396. The smallest absolute Gasteiger partial charge is 0.252 e. The van der Waals surface area contributed by atoms with Gasteiger partial charge in [-0.05, 0) is 34.9 Å². The lowest BCUT2D eigenvalue weighted by Crippen LogP contribution is -2.20. The molecule has 0 aliphatic carbocycles. The van der Waals surface area contributed by atoms with Gasteiger partial charge in [-0.25, -0.2) is 0 Å². The van der Waals surface area contributed by atoms with E-state index in [0.717, 1.165) is 18.8 Å². The number of hydrogen-bond acceptors (Lipinski definition) is 2. The van der Waals surface area contributed by atoms with Crippen molar-refractivity contribution in [1.29, 1.82) is 0 Å². The van der Waals surface area contributed by atoms with Crippen LogP contribution in [0.2, 0.25) is 0 Å². The molecule has 0 saturated heterocycles. The molecule has 0 spiro atoms. The molecule has 3 rings (SSSR count). The molecule has 0 fully saturated rings. The Balaban J connectivity index is 1.93. The highest BCUT2D eigenvalue weighted by molar-refractivity contribution is 6.67. The molecule has 0 N–H and O–H groups in total. The van der Waals surface area contributed by atoms with Crippen molar-refractivity contribution in [3.05, 3.63) is 65.2 Å². The van der Waals surface area contributed by atoms with Gasteiger partial charge in [0.15, 0.2) is 0 Å². The van der Waals surface area contributed by atoms with Crippen LogP contribution in [0.5, 0.6) is 0 Å². The number of carbonyl (C=O) groups is 1. The summed E-state index contributed by atoms with van der Waals surface area (Å²) in [7, 11) is 0. The molecule has 20 heavy (non-hydrogen) atoms. The molecule has 2 aromatic carbocycles. The highest BCUT2D eigenvalue weighted by Crippen LogP contribution is 2.37. The average Bonchev–Trinajstić information content (AvgIpc) is 2.76. The van der Waals surface area contributed by atoms with E-state index in [9.17, 15) is 4.79 Å². The maximum absolute atomic E-state index is 11.3. The van der Waals surface area contributed by atoms with Gasteiger partial charge in [-0.2, -0.15) is 0 Å². The van der Waals surface area contributed by atoms with E-state index in [1.165, 1.54) is 11.1 Å². The highest BCUT2D eigenvalue weighted by Gasteiger charge is 2.26. The Morgan fingerprint density at radius 1 is 1.25 bits per heavy atom. The van der Waals surface area contributed by atoms with Crippen LogP contribution in [-0.2, 0) is 6.54 Å². The van der Waals surface area contributed by atoms with E-state index in [2.05, 4.69) is 36.1 Å². The summed E-state index contributed by atoms with van der Waals surface area (Å²) in [4.78, 5) is 13.7. The van der Waals surface area contributed by atoms with Crippen molar-refractivity contribution in [2.75, 3.05) is 11.4 Å². The number of rotatable bonds is 3. The minimum Gasteiger partial charge on any atom is -0.366 e. The molecule has 102 valence electrons. The predicted octanol–water partition coefficient (Wildman–Crippen LogP) is 4.19. The van der Waals surface area contributed by atoms with E-state index in [1.54, 1.807) is 0 Å². The van der Waals surface area contributed by atoms with Crippen LogP contribution in [-0.4, -0.2) is 11.8 Å². The maximum Gasteiger partial charge on any atom is 0.252 e. The van der Waals surface area contributed by atoms with Crippen molar-refractivity contribution in [3.63, 3.8) is 0 Å². The average molecular weight is 286 g/mol. The zero-order chi connectivity index (χ0) is 14.1. The Morgan fingerprint density at radius 3 is 2.70 bits per heavy atom. The lowest BCUT2D eigenvalue weighted by atomic mass is 10.0. The highest BCUT2D eigenvalue weighted by atomic mass is 35.5. The quantitative estimate of drug-likeness (QED) is 0.788. The molecule has 0 saturated carbocycles. The van der Waals surface area contributed by atoms with Crippen LogP contribution < -0.4 is 4.90 Å². The van der Waals surface area contributed by atoms with Crippen LogP contribution in [0.25, 0.3) is 0 Å². The van der Waals surface area contributed by atoms with Gasteiger partial charge in [0.2, 0.25) is 0 Å². The Morgan fingerprint density at radius 2 is 2.00 bits per heavy atom. The summed E-state index contributed by atoms with van der Waals surface area (Å²) >= 11 is 5.59. The van der Waals surface area contributed by atoms with E-state index in [4.69, 9.17) is 11.6 Å². The van der Waals surface area contributed by atoms with E-state index < -0.39 is 5.24 Å². The van der Waals surface area contributed by atoms with Crippen molar-refractivity contribution >= 4 is 22.5 Å². The van der Waals surface area contributed by atoms with Crippen LogP contribution >= 0.6 is 11.6 Å². The first kappa shape index (κ1) is 13.2.